The first-order valence-corrected chi connectivity index (χ1v) is 6.80. The minimum absolute atomic E-state index is 0.605. The van der Waals surface area contributed by atoms with E-state index >= 15 is 0 Å². The minimum atomic E-state index is 0.605. The van der Waals surface area contributed by atoms with Gasteiger partial charge in [-0.3, -0.25) is 0 Å². The van der Waals surface area contributed by atoms with Gasteiger partial charge in [0.25, 0.3) is 0 Å². The van der Waals surface area contributed by atoms with Gasteiger partial charge in [-0.1, -0.05) is 13.8 Å². The number of aromatic nitrogens is 2. The Labute approximate surface area is 114 Å². The number of benzene rings is 1. The molecule has 4 heteroatoms. The highest BCUT2D eigenvalue weighted by atomic mass is 16.5. The Morgan fingerprint density at radius 3 is 2.58 bits per heavy atom. The second-order valence-corrected chi connectivity index (χ2v) is 4.40. The summed E-state index contributed by atoms with van der Waals surface area (Å²) in [6.45, 7) is 6.80. The van der Waals surface area contributed by atoms with E-state index in [0.717, 1.165) is 30.0 Å². The number of aryl methyl sites for hydroxylation is 2. The molecule has 0 atom stereocenters. The molecule has 1 aromatic heterocycles. The molecule has 2 N–H and O–H groups in total. The third kappa shape index (κ3) is 2.72. The number of nitrogens with two attached hydrogens (primary N) is 1. The second kappa shape index (κ2) is 5.78. The molecule has 0 aliphatic rings. The molecule has 0 saturated carbocycles. The van der Waals surface area contributed by atoms with Crippen molar-refractivity contribution in [1.29, 1.82) is 0 Å². The zero-order chi connectivity index (χ0) is 13.8. The summed E-state index contributed by atoms with van der Waals surface area (Å²) in [5.74, 6) is 0.718. The van der Waals surface area contributed by atoms with E-state index < -0.39 is 0 Å². The highest BCUT2D eigenvalue weighted by Crippen LogP contribution is 2.25. The molecule has 2 aromatic rings. The van der Waals surface area contributed by atoms with Crippen molar-refractivity contribution in [2.75, 3.05) is 12.3 Å². The molecule has 0 aliphatic carbocycles. The van der Waals surface area contributed by atoms with Crippen molar-refractivity contribution >= 4 is 5.69 Å². The maximum Gasteiger partial charge on any atom is 0.144 e. The lowest BCUT2D eigenvalue weighted by molar-refractivity contribution is 0.342. The van der Waals surface area contributed by atoms with Crippen LogP contribution in [-0.2, 0) is 12.8 Å². The zero-order valence-electron chi connectivity index (χ0n) is 11.8. The average Bonchev–Trinajstić information content (AvgIpc) is 2.85. The number of hydrogen-bond acceptors (Lipinski definition) is 3. The highest BCUT2D eigenvalue weighted by Gasteiger charge is 2.09. The predicted molar refractivity (Wildman–Crippen MR) is 77.9 cm³/mol. The minimum Gasteiger partial charge on any atom is -0.492 e. The number of anilines is 1. The van der Waals surface area contributed by atoms with Crippen LogP contribution in [0.25, 0.3) is 5.69 Å². The van der Waals surface area contributed by atoms with E-state index in [2.05, 4.69) is 25.0 Å². The summed E-state index contributed by atoms with van der Waals surface area (Å²) in [5, 5.41) is 4.62. The van der Waals surface area contributed by atoms with Crippen molar-refractivity contribution in [1.82, 2.24) is 9.78 Å². The van der Waals surface area contributed by atoms with Gasteiger partial charge >= 0.3 is 0 Å². The molecule has 0 bridgehead atoms. The number of nitrogen functional groups attached to an aromatic ring is 1. The average molecular weight is 259 g/mol. The molecule has 0 unspecified atom stereocenters. The van der Waals surface area contributed by atoms with Gasteiger partial charge in [0.1, 0.15) is 5.75 Å². The van der Waals surface area contributed by atoms with Gasteiger partial charge < -0.3 is 10.5 Å². The molecule has 0 radical (unpaired) electrons. The fourth-order valence-electron chi connectivity index (χ4n) is 2.06. The van der Waals surface area contributed by atoms with Crippen LogP contribution in [0.15, 0.2) is 24.3 Å². The predicted octanol–water partition coefficient (Wildman–Crippen LogP) is 2.98. The standard InChI is InChI=1S/C15H21N3O/c1-4-11-9-12(5-2)18(17-11)13-7-8-14(16)15(10-13)19-6-3/h7-10H,4-6,16H2,1-3H3. The van der Waals surface area contributed by atoms with Gasteiger partial charge in [0.2, 0.25) is 0 Å². The quantitative estimate of drug-likeness (QED) is 0.840. The third-order valence-corrected chi connectivity index (χ3v) is 3.10. The first kappa shape index (κ1) is 13.5. The highest BCUT2D eigenvalue weighted by molar-refractivity contribution is 5.57. The van der Waals surface area contributed by atoms with Gasteiger partial charge in [0.15, 0.2) is 0 Å². The Balaban J connectivity index is 2.46. The van der Waals surface area contributed by atoms with Gasteiger partial charge in [0, 0.05) is 11.8 Å². The summed E-state index contributed by atoms with van der Waals surface area (Å²) in [6, 6.07) is 7.94. The lowest BCUT2D eigenvalue weighted by atomic mass is 10.2. The van der Waals surface area contributed by atoms with Gasteiger partial charge in [-0.2, -0.15) is 5.10 Å². The maximum atomic E-state index is 5.90. The Morgan fingerprint density at radius 1 is 1.16 bits per heavy atom. The Morgan fingerprint density at radius 2 is 1.95 bits per heavy atom. The summed E-state index contributed by atoms with van der Waals surface area (Å²) in [4.78, 5) is 0. The van der Waals surface area contributed by atoms with Crippen LogP contribution in [0.5, 0.6) is 5.75 Å². The normalized spacial score (nSPS) is 10.7. The first-order valence-electron chi connectivity index (χ1n) is 6.80. The topological polar surface area (TPSA) is 53.1 Å². The lowest BCUT2D eigenvalue weighted by Gasteiger charge is -2.11. The Kier molecular flexibility index (Phi) is 4.10. The van der Waals surface area contributed by atoms with Crippen molar-refractivity contribution in [2.45, 2.75) is 33.6 Å². The fourth-order valence-corrected chi connectivity index (χ4v) is 2.06. The number of rotatable bonds is 5. The van der Waals surface area contributed by atoms with Crippen LogP contribution in [0.2, 0.25) is 0 Å². The van der Waals surface area contributed by atoms with Crippen LogP contribution < -0.4 is 10.5 Å². The molecule has 102 valence electrons. The van der Waals surface area contributed by atoms with E-state index in [1.165, 1.54) is 5.69 Å². The van der Waals surface area contributed by atoms with Crippen molar-refractivity contribution in [3.8, 4) is 11.4 Å². The van der Waals surface area contributed by atoms with Crippen LogP contribution in [0.1, 0.15) is 32.2 Å². The zero-order valence-corrected chi connectivity index (χ0v) is 11.8. The molecule has 0 spiro atoms. The molecule has 1 heterocycles. The molecule has 0 saturated heterocycles. The Hall–Kier alpha value is -1.97. The van der Waals surface area contributed by atoms with E-state index in [1.54, 1.807) is 0 Å². The van der Waals surface area contributed by atoms with E-state index in [9.17, 15) is 0 Å². The number of hydrogen-bond donors (Lipinski definition) is 1. The first-order chi connectivity index (χ1) is 9.19. The molecular formula is C15H21N3O. The largest absolute Gasteiger partial charge is 0.492 e. The number of ether oxygens (including phenoxy) is 1. The van der Waals surface area contributed by atoms with Gasteiger partial charge in [-0.05, 0) is 38.0 Å². The SMILES string of the molecule is CCOc1cc(-n2nc(CC)cc2CC)ccc1N. The molecule has 0 amide bonds. The van der Waals surface area contributed by atoms with Crippen LogP contribution in [-0.4, -0.2) is 16.4 Å². The third-order valence-electron chi connectivity index (χ3n) is 3.10. The second-order valence-electron chi connectivity index (χ2n) is 4.40. The summed E-state index contributed by atoms with van der Waals surface area (Å²) >= 11 is 0. The summed E-state index contributed by atoms with van der Waals surface area (Å²) in [5.41, 5.74) is 9.86. The van der Waals surface area contributed by atoms with Crippen LogP contribution >= 0.6 is 0 Å². The molecule has 0 fully saturated rings. The lowest BCUT2D eigenvalue weighted by Crippen LogP contribution is -2.04. The smallest absolute Gasteiger partial charge is 0.144 e. The molecule has 0 aliphatic heterocycles. The van der Waals surface area contributed by atoms with Crippen LogP contribution in [0.3, 0.4) is 0 Å². The summed E-state index contributed by atoms with van der Waals surface area (Å²) in [7, 11) is 0. The van der Waals surface area contributed by atoms with Crippen molar-refractivity contribution < 1.29 is 4.74 Å². The molecule has 4 nitrogen and oxygen atoms in total. The number of nitrogens with zero attached hydrogens (tertiary/aromatic N) is 2. The van der Waals surface area contributed by atoms with E-state index in [1.807, 2.05) is 29.8 Å². The Bertz CT molecular complexity index is 561. The molecular weight excluding hydrogens is 238 g/mol. The van der Waals surface area contributed by atoms with E-state index in [-0.39, 0.29) is 0 Å². The van der Waals surface area contributed by atoms with Gasteiger partial charge in [-0.25, -0.2) is 4.68 Å². The fraction of sp³-hybridized carbons (Fsp3) is 0.400. The van der Waals surface area contributed by atoms with Crippen LogP contribution in [0, 0.1) is 0 Å². The molecule has 2 rings (SSSR count). The molecule has 19 heavy (non-hydrogen) atoms. The summed E-state index contributed by atoms with van der Waals surface area (Å²) < 4.78 is 7.51. The van der Waals surface area contributed by atoms with Gasteiger partial charge in [0.05, 0.1) is 23.7 Å². The van der Waals surface area contributed by atoms with E-state index in [0.29, 0.717) is 12.3 Å². The van der Waals surface area contributed by atoms with Crippen molar-refractivity contribution in [2.24, 2.45) is 0 Å². The van der Waals surface area contributed by atoms with Gasteiger partial charge in [-0.15, -0.1) is 0 Å². The van der Waals surface area contributed by atoms with Crippen LogP contribution in [0.4, 0.5) is 5.69 Å². The van der Waals surface area contributed by atoms with Crippen molar-refractivity contribution in [3.63, 3.8) is 0 Å². The van der Waals surface area contributed by atoms with Crippen molar-refractivity contribution in [3.05, 3.63) is 35.7 Å². The van der Waals surface area contributed by atoms with E-state index in [4.69, 9.17) is 10.5 Å². The maximum absolute atomic E-state index is 5.90. The monoisotopic (exact) mass is 259 g/mol. The summed E-state index contributed by atoms with van der Waals surface area (Å²) in [6.07, 6.45) is 1.88. The molecule has 1 aromatic carbocycles.